The summed E-state index contributed by atoms with van der Waals surface area (Å²) < 4.78 is 0. The van der Waals surface area contributed by atoms with Crippen molar-refractivity contribution in [3.05, 3.63) is 12.2 Å². The zero-order valence-electron chi connectivity index (χ0n) is 10.7. The van der Waals surface area contributed by atoms with Crippen molar-refractivity contribution in [1.29, 1.82) is 0 Å². The fraction of sp³-hybridized carbons (Fsp3) is 0.667. The van der Waals surface area contributed by atoms with Gasteiger partial charge in [-0.05, 0) is 19.1 Å². The van der Waals surface area contributed by atoms with E-state index in [1.807, 2.05) is 6.92 Å². The molecule has 0 saturated carbocycles. The molecule has 1 aliphatic rings. The fourth-order valence-corrected chi connectivity index (χ4v) is 2.43. The number of carboxylic acid groups (broad SMARTS) is 1. The molecule has 0 aromatic heterocycles. The lowest BCUT2D eigenvalue weighted by Gasteiger charge is -2.17. The van der Waals surface area contributed by atoms with Crippen molar-refractivity contribution in [2.75, 3.05) is 11.5 Å². The monoisotopic (exact) mass is 272 g/mol. The van der Waals surface area contributed by atoms with E-state index in [0.29, 0.717) is 6.42 Å². The maximum atomic E-state index is 11.6. The lowest BCUT2D eigenvalue weighted by molar-refractivity contribution is -0.140. The molecule has 2 amide bonds. The van der Waals surface area contributed by atoms with Gasteiger partial charge in [-0.15, -0.1) is 0 Å². The molecule has 0 fully saturated rings. The van der Waals surface area contributed by atoms with Gasteiger partial charge in [-0.2, -0.15) is 11.8 Å². The Hall–Kier alpha value is -1.17. The first kappa shape index (κ1) is 14.9. The third-order valence-electron chi connectivity index (χ3n) is 2.67. The van der Waals surface area contributed by atoms with Crippen LogP contribution in [-0.2, 0) is 4.79 Å². The van der Waals surface area contributed by atoms with Crippen LogP contribution in [0.4, 0.5) is 4.79 Å². The largest absolute Gasteiger partial charge is 0.481 e. The number of amides is 2. The zero-order chi connectivity index (χ0) is 13.5. The Labute approximate surface area is 111 Å². The van der Waals surface area contributed by atoms with Crippen LogP contribution in [0.2, 0.25) is 0 Å². The Morgan fingerprint density at radius 1 is 1.50 bits per heavy atom. The van der Waals surface area contributed by atoms with Crippen LogP contribution in [0.1, 0.15) is 20.3 Å². The highest BCUT2D eigenvalue weighted by molar-refractivity contribution is 7.99. The molecule has 0 radical (unpaired) electrons. The van der Waals surface area contributed by atoms with E-state index in [2.05, 4.69) is 17.6 Å². The van der Waals surface area contributed by atoms with Gasteiger partial charge in [0.2, 0.25) is 0 Å². The van der Waals surface area contributed by atoms with Gasteiger partial charge in [0, 0.05) is 11.8 Å². The van der Waals surface area contributed by atoms with Crippen LogP contribution in [0.25, 0.3) is 0 Å². The number of rotatable bonds is 6. The number of hydrogen-bond donors (Lipinski definition) is 3. The second-order valence-corrected chi connectivity index (χ2v) is 5.67. The van der Waals surface area contributed by atoms with Crippen molar-refractivity contribution >= 4 is 23.8 Å². The smallest absolute Gasteiger partial charge is 0.315 e. The number of nitrogens with one attached hydrogen (secondary N) is 2. The number of thioether (sulfide) groups is 1. The lowest BCUT2D eigenvalue weighted by Crippen LogP contribution is -2.45. The van der Waals surface area contributed by atoms with E-state index in [0.717, 1.165) is 11.5 Å². The third-order valence-corrected chi connectivity index (χ3v) is 3.81. The third kappa shape index (κ3) is 5.00. The van der Waals surface area contributed by atoms with Crippen molar-refractivity contribution in [3.8, 4) is 0 Å². The van der Waals surface area contributed by atoms with Gasteiger partial charge in [-0.3, -0.25) is 4.79 Å². The van der Waals surface area contributed by atoms with E-state index in [4.69, 9.17) is 5.11 Å². The summed E-state index contributed by atoms with van der Waals surface area (Å²) in [7, 11) is 0. The van der Waals surface area contributed by atoms with Crippen molar-refractivity contribution in [1.82, 2.24) is 10.6 Å². The fourth-order valence-electron chi connectivity index (χ4n) is 1.76. The van der Waals surface area contributed by atoms with Gasteiger partial charge < -0.3 is 15.7 Å². The van der Waals surface area contributed by atoms with Gasteiger partial charge in [0.05, 0.1) is 12.0 Å². The number of carbonyl (C=O) groups excluding carboxylic acids is 1. The average Bonchev–Trinajstić information content (AvgIpc) is 2.74. The second kappa shape index (κ2) is 7.31. The molecule has 6 heteroatoms. The average molecular weight is 272 g/mol. The van der Waals surface area contributed by atoms with Gasteiger partial charge in [-0.25, -0.2) is 4.79 Å². The molecule has 0 aromatic carbocycles. The first-order chi connectivity index (χ1) is 8.52. The van der Waals surface area contributed by atoms with Crippen LogP contribution in [0.3, 0.4) is 0 Å². The van der Waals surface area contributed by atoms with E-state index in [1.165, 1.54) is 0 Å². The predicted molar refractivity (Wildman–Crippen MR) is 72.8 cm³/mol. The highest BCUT2D eigenvalue weighted by Crippen LogP contribution is 2.17. The number of carboxylic acids is 1. The SMILES string of the molecule is CCSCC(C)NC(=O)NC1C=CC(C(=O)O)C1. The molecule has 3 atom stereocenters. The van der Waals surface area contributed by atoms with Gasteiger partial charge >= 0.3 is 12.0 Å². The van der Waals surface area contributed by atoms with Crippen molar-refractivity contribution in [3.63, 3.8) is 0 Å². The highest BCUT2D eigenvalue weighted by atomic mass is 32.2. The number of urea groups is 1. The summed E-state index contributed by atoms with van der Waals surface area (Å²) in [5.74, 6) is 0.577. The summed E-state index contributed by atoms with van der Waals surface area (Å²) in [6, 6.07) is -0.312. The van der Waals surface area contributed by atoms with Gasteiger partial charge in [0.15, 0.2) is 0 Å². The van der Waals surface area contributed by atoms with Crippen LogP contribution in [0, 0.1) is 5.92 Å². The molecule has 1 aliphatic carbocycles. The normalized spacial score (nSPS) is 23.7. The van der Waals surface area contributed by atoms with Crippen LogP contribution in [0.5, 0.6) is 0 Å². The maximum absolute atomic E-state index is 11.6. The lowest BCUT2D eigenvalue weighted by atomic mass is 10.1. The Morgan fingerprint density at radius 2 is 2.22 bits per heavy atom. The molecular weight excluding hydrogens is 252 g/mol. The molecule has 18 heavy (non-hydrogen) atoms. The van der Waals surface area contributed by atoms with Crippen molar-refractivity contribution in [2.24, 2.45) is 5.92 Å². The summed E-state index contributed by atoms with van der Waals surface area (Å²) in [5, 5.41) is 14.4. The summed E-state index contributed by atoms with van der Waals surface area (Å²) in [5.41, 5.74) is 0. The summed E-state index contributed by atoms with van der Waals surface area (Å²) in [6.07, 6.45) is 3.80. The maximum Gasteiger partial charge on any atom is 0.315 e. The highest BCUT2D eigenvalue weighted by Gasteiger charge is 2.25. The molecule has 0 aromatic rings. The summed E-state index contributed by atoms with van der Waals surface area (Å²) >= 11 is 1.77. The minimum absolute atomic E-state index is 0.107. The Morgan fingerprint density at radius 3 is 2.78 bits per heavy atom. The molecule has 0 bridgehead atoms. The molecule has 0 aliphatic heterocycles. The van der Waals surface area contributed by atoms with E-state index in [1.54, 1.807) is 23.9 Å². The molecule has 3 N–H and O–H groups in total. The Kier molecular flexibility index (Phi) is 6.04. The molecular formula is C12H20N2O3S. The topological polar surface area (TPSA) is 78.4 Å². The number of carbonyl (C=O) groups is 2. The van der Waals surface area contributed by atoms with Crippen LogP contribution < -0.4 is 10.6 Å². The molecule has 5 nitrogen and oxygen atoms in total. The first-order valence-corrected chi connectivity index (χ1v) is 7.24. The van der Waals surface area contributed by atoms with Crippen molar-refractivity contribution < 1.29 is 14.7 Å². The molecule has 0 saturated heterocycles. The molecule has 1 rings (SSSR count). The predicted octanol–water partition coefficient (Wildman–Crippen LogP) is 1.46. The molecule has 102 valence electrons. The van der Waals surface area contributed by atoms with E-state index >= 15 is 0 Å². The zero-order valence-corrected chi connectivity index (χ0v) is 11.5. The minimum atomic E-state index is -0.844. The first-order valence-electron chi connectivity index (χ1n) is 6.08. The van der Waals surface area contributed by atoms with Gasteiger partial charge in [0.25, 0.3) is 0 Å². The Balaban J connectivity index is 2.25. The van der Waals surface area contributed by atoms with Gasteiger partial charge in [-0.1, -0.05) is 19.1 Å². The van der Waals surface area contributed by atoms with Crippen LogP contribution in [-0.4, -0.2) is 40.7 Å². The van der Waals surface area contributed by atoms with Crippen molar-refractivity contribution in [2.45, 2.75) is 32.4 Å². The summed E-state index contributed by atoms with van der Waals surface area (Å²) in [6.45, 7) is 4.03. The number of aliphatic carboxylic acids is 1. The molecule has 0 spiro atoms. The van der Waals surface area contributed by atoms with E-state index in [9.17, 15) is 9.59 Å². The quantitative estimate of drug-likeness (QED) is 0.640. The summed E-state index contributed by atoms with van der Waals surface area (Å²) in [4.78, 5) is 22.4. The van der Waals surface area contributed by atoms with E-state index < -0.39 is 11.9 Å². The number of hydrogen-bond acceptors (Lipinski definition) is 3. The Bertz CT molecular complexity index is 333. The second-order valence-electron chi connectivity index (χ2n) is 4.35. The van der Waals surface area contributed by atoms with Crippen LogP contribution >= 0.6 is 11.8 Å². The molecule has 3 unspecified atom stereocenters. The van der Waals surface area contributed by atoms with E-state index in [-0.39, 0.29) is 18.1 Å². The minimum Gasteiger partial charge on any atom is -0.481 e. The molecule has 0 heterocycles. The standard InChI is InChI=1S/C12H20N2O3S/c1-3-18-7-8(2)13-12(17)14-10-5-4-9(6-10)11(15)16/h4-5,8-10H,3,6-7H2,1-2H3,(H,15,16)(H2,13,14,17). The van der Waals surface area contributed by atoms with Gasteiger partial charge in [0.1, 0.15) is 0 Å². The van der Waals surface area contributed by atoms with Crippen LogP contribution in [0.15, 0.2) is 12.2 Å².